The van der Waals surface area contributed by atoms with Gasteiger partial charge >= 0.3 is 0 Å². The average Bonchev–Trinajstić information content (AvgIpc) is 3.11. The Labute approximate surface area is 139 Å². The van der Waals surface area contributed by atoms with Crippen LogP contribution < -0.4 is 0 Å². The molecule has 1 aromatic carbocycles. The molecule has 0 spiro atoms. The number of imide groups is 1. The number of nitrogens with zero attached hydrogens (tertiary/aromatic N) is 3. The van der Waals surface area contributed by atoms with Crippen LogP contribution in [-0.4, -0.2) is 46.3 Å². The number of benzene rings is 1. The molecule has 4 rings (SSSR count). The standard InChI is InChI=1S/C18H19N3O3/c1-20-16-4-2-3-13(15(16)10-19-20)14-9-17(22)21(18(14)23)11-12-5-7-24-8-6-12/h2-4,9-10,12H,5-8,11H2,1H3. The van der Waals surface area contributed by atoms with Crippen molar-refractivity contribution >= 4 is 28.3 Å². The minimum atomic E-state index is -0.220. The monoisotopic (exact) mass is 325 g/mol. The van der Waals surface area contributed by atoms with Crippen LogP contribution in [-0.2, 0) is 21.4 Å². The highest BCUT2D eigenvalue weighted by Gasteiger charge is 2.34. The van der Waals surface area contributed by atoms with E-state index in [4.69, 9.17) is 4.74 Å². The van der Waals surface area contributed by atoms with Crippen LogP contribution in [0.1, 0.15) is 18.4 Å². The molecule has 6 heteroatoms. The first-order valence-corrected chi connectivity index (χ1v) is 8.21. The number of hydrogen-bond donors (Lipinski definition) is 0. The second-order valence-corrected chi connectivity index (χ2v) is 6.37. The Kier molecular flexibility index (Phi) is 3.69. The number of carbonyl (C=O) groups excluding carboxylic acids is 2. The zero-order chi connectivity index (χ0) is 16.7. The van der Waals surface area contributed by atoms with Crippen molar-refractivity contribution in [1.29, 1.82) is 0 Å². The van der Waals surface area contributed by atoms with Crippen molar-refractivity contribution in [3.05, 3.63) is 36.0 Å². The normalized spacial score (nSPS) is 19.4. The Hall–Kier alpha value is -2.47. The van der Waals surface area contributed by atoms with Gasteiger partial charge in [0.2, 0.25) is 0 Å². The van der Waals surface area contributed by atoms with E-state index in [9.17, 15) is 9.59 Å². The zero-order valence-electron chi connectivity index (χ0n) is 13.6. The Bertz CT molecular complexity index is 846. The largest absolute Gasteiger partial charge is 0.381 e. The first-order chi connectivity index (χ1) is 11.6. The van der Waals surface area contributed by atoms with Gasteiger partial charge in [-0.1, -0.05) is 12.1 Å². The predicted molar refractivity (Wildman–Crippen MR) is 89.0 cm³/mol. The number of fused-ring (bicyclic) bond motifs is 1. The first kappa shape index (κ1) is 15.1. The fourth-order valence-corrected chi connectivity index (χ4v) is 3.47. The molecule has 124 valence electrons. The van der Waals surface area contributed by atoms with E-state index in [1.165, 1.54) is 11.0 Å². The summed E-state index contributed by atoms with van der Waals surface area (Å²) < 4.78 is 7.11. The molecule has 0 unspecified atom stereocenters. The third kappa shape index (κ3) is 2.43. The van der Waals surface area contributed by atoms with Crippen LogP contribution in [0, 0.1) is 5.92 Å². The van der Waals surface area contributed by atoms with Crippen LogP contribution >= 0.6 is 0 Å². The lowest BCUT2D eigenvalue weighted by Crippen LogP contribution is -2.37. The third-order valence-electron chi connectivity index (χ3n) is 4.87. The van der Waals surface area contributed by atoms with E-state index >= 15 is 0 Å². The van der Waals surface area contributed by atoms with Crippen LogP contribution in [0.3, 0.4) is 0 Å². The number of ether oxygens (including phenoxy) is 1. The van der Waals surface area contributed by atoms with Crippen LogP contribution in [0.5, 0.6) is 0 Å². The molecule has 2 aliphatic heterocycles. The molecule has 2 amide bonds. The van der Waals surface area contributed by atoms with Crippen LogP contribution in [0.4, 0.5) is 0 Å². The molecule has 0 bridgehead atoms. The van der Waals surface area contributed by atoms with E-state index in [0.717, 1.165) is 29.3 Å². The maximum Gasteiger partial charge on any atom is 0.261 e. The van der Waals surface area contributed by atoms with E-state index < -0.39 is 0 Å². The lowest BCUT2D eigenvalue weighted by Gasteiger charge is -2.26. The molecule has 0 radical (unpaired) electrons. The summed E-state index contributed by atoms with van der Waals surface area (Å²) in [7, 11) is 1.86. The summed E-state index contributed by atoms with van der Waals surface area (Å²) in [6.07, 6.45) is 4.99. The van der Waals surface area contributed by atoms with Crippen molar-refractivity contribution in [3.8, 4) is 0 Å². The molecule has 1 aromatic heterocycles. The highest BCUT2D eigenvalue weighted by Crippen LogP contribution is 2.30. The lowest BCUT2D eigenvalue weighted by atomic mass is 9.99. The smallest absolute Gasteiger partial charge is 0.261 e. The van der Waals surface area contributed by atoms with E-state index in [0.29, 0.717) is 31.2 Å². The molecule has 0 saturated carbocycles. The topological polar surface area (TPSA) is 64.4 Å². The van der Waals surface area contributed by atoms with Crippen molar-refractivity contribution in [1.82, 2.24) is 14.7 Å². The summed E-state index contributed by atoms with van der Waals surface area (Å²) in [5, 5.41) is 5.14. The van der Waals surface area contributed by atoms with Crippen molar-refractivity contribution in [3.63, 3.8) is 0 Å². The molecule has 0 N–H and O–H groups in total. The van der Waals surface area contributed by atoms with Crippen molar-refractivity contribution < 1.29 is 14.3 Å². The molecule has 2 aliphatic rings. The summed E-state index contributed by atoms with van der Waals surface area (Å²) in [6, 6.07) is 5.71. The summed E-state index contributed by atoms with van der Waals surface area (Å²) in [5.74, 6) is -0.0983. The fourth-order valence-electron chi connectivity index (χ4n) is 3.47. The van der Waals surface area contributed by atoms with Gasteiger partial charge in [0.15, 0.2) is 0 Å². The van der Waals surface area contributed by atoms with E-state index in [-0.39, 0.29) is 11.8 Å². The van der Waals surface area contributed by atoms with Crippen LogP contribution in [0.25, 0.3) is 16.5 Å². The maximum atomic E-state index is 12.8. The first-order valence-electron chi connectivity index (χ1n) is 8.21. The zero-order valence-corrected chi connectivity index (χ0v) is 13.6. The summed E-state index contributed by atoms with van der Waals surface area (Å²) in [4.78, 5) is 26.6. The molecular formula is C18H19N3O3. The Morgan fingerprint density at radius 3 is 2.83 bits per heavy atom. The molecule has 24 heavy (non-hydrogen) atoms. The molecule has 6 nitrogen and oxygen atoms in total. The van der Waals surface area contributed by atoms with Crippen LogP contribution in [0.15, 0.2) is 30.5 Å². The Morgan fingerprint density at radius 1 is 1.25 bits per heavy atom. The number of carbonyl (C=O) groups is 2. The van der Waals surface area contributed by atoms with Gasteiger partial charge in [-0.25, -0.2) is 0 Å². The lowest BCUT2D eigenvalue weighted by molar-refractivity contribution is -0.137. The van der Waals surface area contributed by atoms with Gasteiger partial charge in [-0.3, -0.25) is 19.2 Å². The van der Waals surface area contributed by atoms with Crippen LogP contribution in [0.2, 0.25) is 0 Å². The van der Waals surface area contributed by atoms with Crippen molar-refractivity contribution in [2.75, 3.05) is 19.8 Å². The molecule has 0 atom stereocenters. The van der Waals surface area contributed by atoms with Gasteiger partial charge < -0.3 is 4.74 Å². The Balaban J connectivity index is 1.63. The summed E-state index contributed by atoms with van der Waals surface area (Å²) >= 11 is 0. The van der Waals surface area contributed by atoms with Gasteiger partial charge in [0.05, 0.1) is 17.3 Å². The number of amides is 2. The number of aromatic nitrogens is 2. The average molecular weight is 325 g/mol. The molecule has 0 aliphatic carbocycles. The summed E-state index contributed by atoms with van der Waals surface area (Å²) in [5.41, 5.74) is 2.18. The molecule has 3 heterocycles. The number of hydrogen-bond acceptors (Lipinski definition) is 4. The summed E-state index contributed by atoms with van der Waals surface area (Å²) in [6.45, 7) is 1.89. The SMILES string of the molecule is Cn1ncc2c(C3=CC(=O)N(CC4CCOCC4)C3=O)cccc21. The van der Waals surface area contributed by atoms with Gasteiger partial charge in [-0.2, -0.15) is 5.10 Å². The van der Waals surface area contributed by atoms with Crippen molar-refractivity contribution in [2.24, 2.45) is 13.0 Å². The molecule has 2 aromatic rings. The Morgan fingerprint density at radius 2 is 2.04 bits per heavy atom. The highest BCUT2D eigenvalue weighted by molar-refractivity contribution is 6.34. The quantitative estimate of drug-likeness (QED) is 0.807. The minimum absolute atomic E-state index is 0.206. The van der Waals surface area contributed by atoms with E-state index in [1.54, 1.807) is 10.9 Å². The third-order valence-corrected chi connectivity index (χ3v) is 4.87. The molecule has 1 fully saturated rings. The van der Waals surface area contributed by atoms with E-state index in [2.05, 4.69) is 5.10 Å². The van der Waals surface area contributed by atoms with Gasteiger partial charge in [-0.05, 0) is 30.4 Å². The van der Waals surface area contributed by atoms with Gasteiger partial charge in [0.25, 0.3) is 11.8 Å². The minimum Gasteiger partial charge on any atom is -0.381 e. The molecule has 1 saturated heterocycles. The van der Waals surface area contributed by atoms with Gasteiger partial charge in [0.1, 0.15) is 0 Å². The van der Waals surface area contributed by atoms with Gasteiger partial charge in [-0.15, -0.1) is 0 Å². The molecular weight excluding hydrogens is 306 g/mol. The highest BCUT2D eigenvalue weighted by atomic mass is 16.5. The fraction of sp³-hybridized carbons (Fsp3) is 0.389. The second-order valence-electron chi connectivity index (χ2n) is 6.37. The maximum absolute atomic E-state index is 12.8. The van der Waals surface area contributed by atoms with Gasteiger partial charge in [0, 0.05) is 38.3 Å². The number of rotatable bonds is 3. The van der Waals surface area contributed by atoms with Crippen molar-refractivity contribution in [2.45, 2.75) is 12.8 Å². The predicted octanol–water partition coefficient (Wildman–Crippen LogP) is 1.75. The van der Waals surface area contributed by atoms with E-state index in [1.807, 2.05) is 25.2 Å². The number of aryl methyl sites for hydroxylation is 1. The second kappa shape index (κ2) is 5.87.